The zero-order valence-electron chi connectivity index (χ0n) is 15.2. The summed E-state index contributed by atoms with van der Waals surface area (Å²) in [5.41, 5.74) is 4.68. The molecule has 25 heavy (non-hydrogen) atoms. The van der Waals surface area contributed by atoms with E-state index in [1.807, 2.05) is 44.2 Å². The van der Waals surface area contributed by atoms with Gasteiger partial charge in [-0.15, -0.1) is 0 Å². The van der Waals surface area contributed by atoms with E-state index in [0.717, 1.165) is 28.0 Å². The molecule has 0 aliphatic heterocycles. The Balaban J connectivity index is 2.19. The lowest BCUT2D eigenvalue weighted by molar-refractivity contribution is 0.0501. The summed E-state index contributed by atoms with van der Waals surface area (Å²) >= 11 is 0. The fraction of sp³-hybridized carbons (Fsp3) is 0.286. The molecule has 0 bridgehead atoms. The van der Waals surface area contributed by atoms with Crippen LogP contribution in [0.1, 0.15) is 39.5 Å². The third-order valence-corrected chi connectivity index (χ3v) is 3.67. The maximum absolute atomic E-state index is 11.8. The quantitative estimate of drug-likeness (QED) is 0.419. The van der Waals surface area contributed by atoms with E-state index in [9.17, 15) is 4.79 Å². The summed E-state index contributed by atoms with van der Waals surface area (Å²) in [4.78, 5) is 11.8. The van der Waals surface area contributed by atoms with Gasteiger partial charge in [-0.05, 0) is 67.3 Å². The van der Waals surface area contributed by atoms with Gasteiger partial charge in [0.25, 0.3) is 0 Å². The summed E-state index contributed by atoms with van der Waals surface area (Å²) in [5, 5.41) is 0. The molecule has 0 aliphatic rings. The van der Waals surface area contributed by atoms with Crippen LogP contribution in [-0.2, 0) is 9.47 Å². The van der Waals surface area contributed by atoms with Crippen molar-refractivity contribution in [1.82, 2.24) is 0 Å². The van der Waals surface area contributed by atoms with Crippen molar-refractivity contribution in [3.63, 3.8) is 0 Å². The Morgan fingerprint density at radius 3 is 2.36 bits per heavy atom. The van der Waals surface area contributed by atoms with E-state index in [1.165, 1.54) is 0 Å². The van der Waals surface area contributed by atoms with Crippen LogP contribution in [0.25, 0.3) is 12.2 Å². The lowest BCUT2D eigenvalue weighted by atomic mass is 10.0. The minimum atomic E-state index is -0.302. The number of carbonyl (C=O) groups excluding carboxylic acids is 1. The maximum atomic E-state index is 11.8. The van der Waals surface area contributed by atoms with Gasteiger partial charge in [0, 0.05) is 7.11 Å². The van der Waals surface area contributed by atoms with Crippen LogP contribution >= 0.6 is 0 Å². The standard InChI is InChI=1S/C21H24O4/c1-5-24-21(22)19-8-6-7-17(13-19)9-10-18-11-15(2)20(16(3)12-18)25-14-23-4/h6-13H,5,14H2,1-4H3. The molecule has 0 amide bonds. The number of carbonyl (C=O) groups is 1. The molecule has 0 N–H and O–H groups in total. The van der Waals surface area contributed by atoms with Gasteiger partial charge in [0.2, 0.25) is 0 Å². The fourth-order valence-corrected chi connectivity index (χ4v) is 2.60. The molecule has 2 aromatic carbocycles. The number of methoxy groups -OCH3 is 1. The number of ether oxygens (including phenoxy) is 3. The number of hydrogen-bond acceptors (Lipinski definition) is 4. The van der Waals surface area contributed by atoms with Crippen LogP contribution in [0, 0.1) is 13.8 Å². The van der Waals surface area contributed by atoms with Crippen LogP contribution in [0.15, 0.2) is 36.4 Å². The summed E-state index contributed by atoms with van der Waals surface area (Å²) in [6, 6.07) is 11.5. The SMILES string of the molecule is CCOC(=O)c1cccc(C=Cc2cc(C)c(OCOC)c(C)c2)c1. The predicted molar refractivity (Wildman–Crippen MR) is 99.7 cm³/mol. The van der Waals surface area contributed by atoms with Crippen molar-refractivity contribution in [2.24, 2.45) is 0 Å². The Morgan fingerprint density at radius 1 is 1.04 bits per heavy atom. The summed E-state index contributed by atoms with van der Waals surface area (Å²) in [5.74, 6) is 0.549. The second-order valence-electron chi connectivity index (χ2n) is 5.71. The summed E-state index contributed by atoms with van der Waals surface area (Å²) in [7, 11) is 1.60. The van der Waals surface area contributed by atoms with Crippen molar-refractivity contribution in [3.05, 3.63) is 64.2 Å². The third-order valence-electron chi connectivity index (χ3n) is 3.67. The topological polar surface area (TPSA) is 44.8 Å². The fourth-order valence-electron chi connectivity index (χ4n) is 2.60. The molecule has 2 aromatic rings. The molecule has 2 rings (SSSR count). The highest BCUT2D eigenvalue weighted by molar-refractivity contribution is 5.90. The van der Waals surface area contributed by atoms with Crippen molar-refractivity contribution in [2.45, 2.75) is 20.8 Å². The summed E-state index contributed by atoms with van der Waals surface area (Å²) in [6.45, 7) is 6.42. The Hall–Kier alpha value is -2.59. The van der Waals surface area contributed by atoms with Crippen molar-refractivity contribution >= 4 is 18.1 Å². The van der Waals surface area contributed by atoms with E-state index in [4.69, 9.17) is 14.2 Å². The molecule has 0 spiro atoms. The highest BCUT2D eigenvalue weighted by Crippen LogP contribution is 2.26. The molecule has 0 atom stereocenters. The van der Waals surface area contributed by atoms with Gasteiger partial charge in [-0.25, -0.2) is 4.79 Å². The van der Waals surface area contributed by atoms with Gasteiger partial charge in [0.15, 0.2) is 6.79 Å². The smallest absolute Gasteiger partial charge is 0.338 e. The van der Waals surface area contributed by atoms with Gasteiger partial charge in [-0.1, -0.05) is 24.3 Å². The van der Waals surface area contributed by atoms with Gasteiger partial charge in [-0.3, -0.25) is 0 Å². The van der Waals surface area contributed by atoms with Gasteiger partial charge >= 0.3 is 5.97 Å². The summed E-state index contributed by atoms with van der Waals surface area (Å²) in [6.07, 6.45) is 4.00. The molecular weight excluding hydrogens is 316 g/mol. The largest absolute Gasteiger partial charge is 0.467 e. The van der Waals surface area contributed by atoms with Crippen LogP contribution < -0.4 is 4.74 Å². The molecule has 0 aromatic heterocycles. The monoisotopic (exact) mass is 340 g/mol. The zero-order valence-corrected chi connectivity index (χ0v) is 15.2. The Labute approximate surface area is 149 Å². The molecule has 0 aliphatic carbocycles. The van der Waals surface area contributed by atoms with Gasteiger partial charge in [0.05, 0.1) is 12.2 Å². The van der Waals surface area contributed by atoms with Gasteiger partial charge < -0.3 is 14.2 Å². The van der Waals surface area contributed by atoms with Crippen molar-refractivity contribution in [2.75, 3.05) is 20.5 Å². The number of esters is 1. The number of hydrogen-bond donors (Lipinski definition) is 0. The van der Waals surface area contributed by atoms with Gasteiger partial charge in [-0.2, -0.15) is 0 Å². The molecule has 132 valence electrons. The van der Waals surface area contributed by atoms with Crippen molar-refractivity contribution in [1.29, 1.82) is 0 Å². The molecule has 0 saturated heterocycles. The second-order valence-corrected chi connectivity index (χ2v) is 5.71. The first-order chi connectivity index (χ1) is 12.0. The Bertz CT molecular complexity index is 739. The van der Waals surface area contributed by atoms with Crippen LogP contribution in [0.2, 0.25) is 0 Å². The predicted octanol–water partition coefficient (Wildman–Crippen LogP) is 4.63. The highest BCUT2D eigenvalue weighted by atomic mass is 16.7. The van der Waals surface area contributed by atoms with Crippen LogP contribution in [0.4, 0.5) is 0 Å². The summed E-state index contributed by atoms with van der Waals surface area (Å²) < 4.78 is 15.6. The number of aryl methyl sites for hydroxylation is 2. The second kappa shape index (κ2) is 9.04. The zero-order chi connectivity index (χ0) is 18.2. The minimum absolute atomic E-state index is 0.234. The molecule has 0 fully saturated rings. The Kier molecular flexibility index (Phi) is 6.78. The highest BCUT2D eigenvalue weighted by Gasteiger charge is 2.07. The molecule has 4 nitrogen and oxygen atoms in total. The first-order valence-corrected chi connectivity index (χ1v) is 8.23. The average molecular weight is 340 g/mol. The molecular formula is C21H24O4. The van der Waals surface area contributed by atoms with E-state index in [-0.39, 0.29) is 12.8 Å². The Morgan fingerprint density at radius 2 is 1.72 bits per heavy atom. The molecule has 0 unspecified atom stereocenters. The van der Waals surface area contributed by atoms with Crippen molar-refractivity contribution < 1.29 is 19.0 Å². The lowest BCUT2D eigenvalue weighted by Crippen LogP contribution is -2.04. The van der Waals surface area contributed by atoms with Crippen LogP contribution in [-0.4, -0.2) is 26.5 Å². The van der Waals surface area contributed by atoms with Crippen LogP contribution in [0.5, 0.6) is 5.75 Å². The minimum Gasteiger partial charge on any atom is -0.467 e. The molecule has 0 radical (unpaired) electrons. The van der Waals surface area contributed by atoms with E-state index >= 15 is 0 Å². The van der Waals surface area contributed by atoms with Gasteiger partial charge in [0.1, 0.15) is 5.75 Å². The van der Waals surface area contributed by atoms with E-state index < -0.39 is 0 Å². The third kappa shape index (κ3) is 5.19. The average Bonchev–Trinajstić information content (AvgIpc) is 2.60. The number of benzene rings is 2. The first-order valence-electron chi connectivity index (χ1n) is 8.23. The number of rotatable bonds is 7. The first kappa shape index (κ1) is 18.7. The van der Waals surface area contributed by atoms with E-state index in [1.54, 1.807) is 20.1 Å². The normalized spacial score (nSPS) is 10.9. The lowest BCUT2D eigenvalue weighted by Gasteiger charge is -2.12. The van der Waals surface area contributed by atoms with Crippen molar-refractivity contribution in [3.8, 4) is 5.75 Å². The van der Waals surface area contributed by atoms with E-state index in [2.05, 4.69) is 12.1 Å². The molecule has 0 saturated carbocycles. The van der Waals surface area contributed by atoms with E-state index in [0.29, 0.717) is 12.2 Å². The van der Waals surface area contributed by atoms with Crippen LogP contribution in [0.3, 0.4) is 0 Å². The maximum Gasteiger partial charge on any atom is 0.338 e. The molecule has 4 heteroatoms. The molecule has 0 heterocycles.